The fraction of sp³-hybridized carbons (Fsp3) is 0.829. The van der Waals surface area contributed by atoms with Crippen LogP contribution in [0.5, 0.6) is 5.75 Å². The van der Waals surface area contributed by atoms with Gasteiger partial charge in [-0.25, -0.2) is 13.2 Å². The molecule has 0 heterocycles. The maximum absolute atomic E-state index is 14.4. The van der Waals surface area contributed by atoms with E-state index >= 15 is 0 Å². The minimum atomic E-state index is -2.86. The van der Waals surface area contributed by atoms with Crippen molar-refractivity contribution in [2.45, 2.75) is 143 Å². The molecule has 4 rings (SSSR count). The van der Waals surface area contributed by atoms with Crippen LogP contribution in [0.3, 0.4) is 0 Å². The highest BCUT2D eigenvalue weighted by atomic mass is 19.3. The van der Waals surface area contributed by atoms with Crippen LogP contribution in [0, 0.1) is 55.2 Å². The molecule has 0 aliphatic heterocycles. The van der Waals surface area contributed by atoms with E-state index < -0.39 is 17.8 Å². The molecular weight excluding hydrogens is 493 g/mol. The first kappa shape index (κ1) is 30.8. The monoisotopic (exact) mass is 548 g/mol. The number of alkyl halides is 2. The molecule has 0 spiro atoms. The molecule has 3 saturated carbocycles. The van der Waals surface area contributed by atoms with Gasteiger partial charge in [-0.05, 0) is 105 Å². The molecule has 0 atom stereocenters. The molecule has 0 unspecified atom stereocenters. The van der Waals surface area contributed by atoms with E-state index in [1.807, 2.05) is 0 Å². The predicted octanol–water partition coefficient (Wildman–Crippen LogP) is 11.5. The fourth-order valence-corrected chi connectivity index (χ4v) is 8.30. The number of halogens is 3. The molecule has 0 amide bonds. The molecule has 1 nitrogen and oxygen atoms in total. The number of hydrogen-bond acceptors (Lipinski definition) is 1. The van der Waals surface area contributed by atoms with Crippen LogP contribution in [0.2, 0.25) is 0 Å². The summed E-state index contributed by atoms with van der Waals surface area (Å²) in [6.07, 6.45) is 22.0. The van der Waals surface area contributed by atoms with Crippen molar-refractivity contribution in [3.05, 3.63) is 28.6 Å². The zero-order chi connectivity index (χ0) is 27.8. The molecule has 1 aromatic carbocycles. The van der Waals surface area contributed by atoms with Crippen molar-refractivity contribution in [3.8, 4) is 5.75 Å². The molecule has 0 radical (unpaired) electrons. The van der Waals surface area contributed by atoms with Gasteiger partial charge in [0.25, 0.3) is 6.43 Å². The highest BCUT2D eigenvalue weighted by Crippen LogP contribution is 2.44. The summed E-state index contributed by atoms with van der Waals surface area (Å²) < 4.78 is 47.4. The minimum Gasteiger partial charge on any atom is -0.492 e. The molecule has 0 saturated heterocycles. The lowest BCUT2D eigenvalue weighted by molar-refractivity contribution is 0.113. The van der Waals surface area contributed by atoms with Gasteiger partial charge < -0.3 is 4.74 Å². The third-order valence-electron chi connectivity index (χ3n) is 10.9. The van der Waals surface area contributed by atoms with Crippen LogP contribution in [-0.2, 0) is 0 Å². The van der Waals surface area contributed by atoms with E-state index in [9.17, 15) is 13.2 Å². The summed E-state index contributed by atoms with van der Waals surface area (Å²) in [6, 6.07) is 1.61. The van der Waals surface area contributed by atoms with E-state index in [1.54, 1.807) is 13.0 Å². The van der Waals surface area contributed by atoms with Gasteiger partial charge >= 0.3 is 0 Å². The largest absolute Gasteiger partial charge is 0.492 e. The maximum Gasteiger partial charge on any atom is 0.270 e. The van der Waals surface area contributed by atoms with E-state index in [4.69, 9.17) is 4.74 Å². The molecular formula is C35H55F3O. The lowest BCUT2D eigenvalue weighted by atomic mass is 9.68. The summed E-state index contributed by atoms with van der Waals surface area (Å²) in [5.74, 6) is 4.29. The Balaban J connectivity index is 1.12. The van der Waals surface area contributed by atoms with Gasteiger partial charge in [0.05, 0.1) is 12.2 Å². The first-order valence-corrected chi connectivity index (χ1v) is 16.6. The predicted molar refractivity (Wildman–Crippen MR) is 156 cm³/mol. The summed E-state index contributed by atoms with van der Waals surface area (Å²) in [6.45, 7) is 6.00. The van der Waals surface area contributed by atoms with Crippen molar-refractivity contribution >= 4 is 0 Å². The SMILES string of the molecule is CCCCCC1CCC(CCC2CCC(C3CCC(COc4c(C)cc(C)c(F)c4C(F)F)CC3)CC2)CC1. The van der Waals surface area contributed by atoms with Crippen molar-refractivity contribution in [2.24, 2.45) is 35.5 Å². The second-order valence-corrected chi connectivity index (χ2v) is 13.7. The summed E-state index contributed by atoms with van der Waals surface area (Å²) in [4.78, 5) is 0. The smallest absolute Gasteiger partial charge is 0.270 e. The average molecular weight is 549 g/mol. The molecule has 4 heteroatoms. The van der Waals surface area contributed by atoms with Gasteiger partial charge in [-0.1, -0.05) is 84.0 Å². The molecule has 39 heavy (non-hydrogen) atoms. The van der Waals surface area contributed by atoms with E-state index in [0.29, 0.717) is 18.1 Å². The average Bonchev–Trinajstić information content (AvgIpc) is 2.94. The third kappa shape index (κ3) is 8.65. The van der Waals surface area contributed by atoms with E-state index in [-0.39, 0.29) is 11.3 Å². The highest BCUT2D eigenvalue weighted by Gasteiger charge is 2.32. The normalized spacial score (nSPS) is 30.0. The van der Waals surface area contributed by atoms with E-state index in [2.05, 4.69) is 6.92 Å². The number of aryl methyl sites for hydroxylation is 2. The van der Waals surface area contributed by atoms with Crippen LogP contribution in [0.1, 0.15) is 146 Å². The van der Waals surface area contributed by atoms with Gasteiger partial charge in [-0.3, -0.25) is 0 Å². The Morgan fingerprint density at radius 2 is 1.18 bits per heavy atom. The number of unbranched alkanes of at least 4 members (excludes halogenated alkanes) is 2. The van der Waals surface area contributed by atoms with E-state index in [0.717, 1.165) is 42.4 Å². The van der Waals surface area contributed by atoms with Crippen LogP contribution >= 0.6 is 0 Å². The van der Waals surface area contributed by atoms with Crippen molar-refractivity contribution in [3.63, 3.8) is 0 Å². The Morgan fingerprint density at radius 3 is 1.69 bits per heavy atom. The van der Waals surface area contributed by atoms with Gasteiger partial charge in [0, 0.05) is 0 Å². The lowest BCUT2D eigenvalue weighted by Gasteiger charge is -2.38. The number of rotatable bonds is 12. The number of ether oxygens (including phenoxy) is 1. The van der Waals surface area contributed by atoms with Gasteiger partial charge in [0.15, 0.2) is 0 Å². The Labute approximate surface area is 237 Å². The Kier molecular flexibility index (Phi) is 12.0. The van der Waals surface area contributed by atoms with Crippen molar-refractivity contribution < 1.29 is 17.9 Å². The van der Waals surface area contributed by atoms with Crippen LogP contribution in [-0.4, -0.2) is 6.61 Å². The standard InChI is InChI=1S/C35H55F3O/c1-4-5-6-7-26-8-10-27(11-9-26)12-13-28-14-18-30(19-15-28)31-20-16-29(17-21-31)23-39-34-25(3)22-24(2)33(36)32(34)35(37)38/h22,26-31,35H,4-21,23H2,1-3H3. The number of hydrogen-bond donors (Lipinski definition) is 0. The summed E-state index contributed by atoms with van der Waals surface area (Å²) in [5, 5.41) is 0. The van der Waals surface area contributed by atoms with Gasteiger partial charge in [-0.2, -0.15) is 0 Å². The zero-order valence-corrected chi connectivity index (χ0v) is 25.1. The quantitative estimate of drug-likeness (QED) is 0.236. The van der Waals surface area contributed by atoms with Crippen LogP contribution in [0.15, 0.2) is 6.07 Å². The van der Waals surface area contributed by atoms with Crippen molar-refractivity contribution in [1.29, 1.82) is 0 Å². The maximum atomic E-state index is 14.4. The van der Waals surface area contributed by atoms with Gasteiger partial charge in [-0.15, -0.1) is 0 Å². The first-order valence-electron chi connectivity index (χ1n) is 16.6. The summed E-state index contributed by atoms with van der Waals surface area (Å²) in [7, 11) is 0. The molecule has 0 aromatic heterocycles. The lowest BCUT2D eigenvalue weighted by Crippen LogP contribution is -2.28. The van der Waals surface area contributed by atoms with E-state index in [1.165, 1.54) is 110 Å². The third-order valence-corrected chi connectivity index (χ3v) is 10.9. The first-order chi connectivity index (χ1) is 18.9. The molecule has 0 bridgehead atoms. The number of benzene rings is 1. The molecule has 0 N–H and O–H groups in total. The van der Waals surface area contributed by atoms with Crippen LogP contribution < -0.4 is 4.74 Å². The zero-order valence-electron chi connectivity index (χ0n) is 25.1. The molecule has 3 fully saturated rings. The minimum absolute atomic E-state index is 0.0635. The van der Waals surface area contributed by atoms with Crippen LogP contribution in [0.4, 0.5) is 13.2 Å². The molecule has 1 aromatic rings. The van der Waals surface area contributed by atoms with Gasteiger partial charge in [0.2, 0.25) is 0 Å². The van der Waals surface area contributed by atoms with Crippen molar-refractivity contribution in [1.82, 2.24) is 0 Å². The summed E-state index contributed by atoms with van der Waals surface area (Å²) >= 11 is 0. The molecule has 3 aliphatic rings. The van der Waals surface area contributed by atoms with Gasteiger partial charge in [0.1, 0.15) is 11.6 Å². The van der Waals surface area contributed by atoms with Crippen LogP contribution in [0.25, 0.3) is 0 Å². The Bertz CT molecular complexity index is 859. The fourth-order valence-electron chi connectivity index (χ4n) is 8.30. The molecule has 3 aliphatic carbocycles. The molecule has 222 valence electrons. The second kappa shape index (κ2) is 15.2. The Morgan fingerprint density at radius 1 is 0.692 bits per heavy atom. The highest BCUT2D eigenvalue weighted by molar-refractivity contribution is 5.45. The Hall–Kier alpha value is -1.19. The van der Waals surface area contributed by atoms with Crippen molar-refractivity contribution in [2.75, 3.05) is 6.61 Å². The second-order valence-electron chi connectivity index (χ2n) is 13.7. The summed E-state index contributed by atoms with van der Waals surface area (Å²) in [5.41, 5.74) is 0.295. The topological polar surface area (TPSA) is 9.23 Å².